The third-order valence-electron chi connectivity index (χ3n) is 3.06. The Morgan fingerprint density at radius 2 is 1.93 bits per heavy atom. The van der Waals surface area contributed by atoms with Crippen molar-refractivity contribution in [2.75, 3.05) is 24.9 Å². The first kappa shape index (κ1) is 22.3. The number of benzene rings is 1. The van der Waals surface area contributed by atoms with Gasteiger partial charge in [0.05, 0.1) is 13.4 Å². The molecule has 0 aliphatic rings. The topological polar surface area (TPSA) is 165 Å². The quantitative estimate of drug-likeness (QED) is 0.357. The summed E-state index contributed by atoms with van der Waals surface area (Å²) in [6.45, 7) is 0. The fraction of sp³-hybridized carbons (Fsp3) is 0.200. The van der Waals surface area contributed by atoms with Gasteiger partial charge in [0.1, 0.15) is 11.6 Å². The summed E-state index contributed by atoms with van der Waals surface area (Å²) in [4.78, 5) is 15.9. The van der Waals surface area contributed by atoms with Crippen LogP contribution in [0.15, 0.2) is 28.9 Å². The Labute approximate surface area is 170 Å². The molecule has 0 saturated heterocycles. The first-order valence-electron chi connectivity index (χ1n) is 7.47. The Balaban J connectivity index is 2.28. The van der Waals surface area contributed by atoms with Crippen LogP contribution in [0.3, 0.4) is 0 Å². The third-order valence-corrected chi connectivity index (χ3v) is 5.14. The molecule has 0 radical (unpaired) electrons. The zero-order valence-electron chi connectivity index (χ0n) is 15.2. The Bertz CT molecular complexity index is 1220. The summed E-state index contributed by atoms with van der Waals surface area (Å²) in [5, 5.41) is 11.0. The molecule has 2 aromatic rings. The number of nitrogens with one attached hydrogen (secondary N) is 1. The molecule has 0 unspecified atom stereocenters. The maximum absolute atomic E-state index is 12.3. The molecule has 1 aromatic heterocycles. The highest BCUT2D eigenvalue weighted by Gasteiger charge is 2.18. The lowest BCUT2D eigenvalue weighted by atomic mass is 10.1. The molecule has 0 aliphatic heterocycles. The summed E-state index contributed by atoms with van der Waals surface area (Å²) in [6, 6.07) is 5.81. The van der Waals surface area contributed by atoms with Crippen molar-refractivity contribution in [2.45, 2.75) is 5.16 Å². The number of anilines is 1. The Morgan fingerprint density at radius 3 is 2.45 bits per heavy atom. The van der Waals surface area contributed by atoms with Gasteiger partial charge in [-0.25, -0.2) is 8.42 Å². The average Bonchev–Trinajstić information content (AvgIpc) is 3.08. The van der Waals surface area contributed by atoms with Gasteiger partial charge >= 0.3 is 10.1 Å². The third kappa shape index (κ3) is 6.24. The molecule has 0 aliphatic carbocycles. The lowest BCUT2D eigenvalue weighted by Gasteiger charge is -2.09. The molecule has 1 N–H and O–H groups in total. The summed E-state index contributed by atoms with van der Waals surface area (Å²) in [5.41, 5.74) is 0.0310. The van der Waals surface area contributed by atoms with E-state index in [-0.39, 0.29) is 22.2 Å². The summed E-state index contributed by atoms with van der Waals surface area (Å²) in [7, 11) is -6.11. The number of sulfone groups is 1. The highest BCUT2D eigenvalue weighted by atomic mass is 32.2. The van der Waals surface area contributed by atoms with Crippen LogP contribution in [-0.4, -0.2) is 51.7 Å². The van der Waals surface area contributed by atoms with Crippen LogP contribution in [0.1, 0.15) is 5.56 Å². The number of aromatic nitrogens is 2. The molecule has 0 spiro atoms. The van der Waals surface area contributed by atoms with E-state index in [1.165, 1.54) is 31.4 Å². The highest BCUT2D eigenvalue weighted by molar-refractivity contribution is 7.90. The van der Waals surface area contributed by atoms with Crippen molar-refractivity contribution in [1.29, 1.82) is 5.26 Å². The van der Waals surface area contributed by atoms with Gasteiger partial charge in [-0.15, -0.1) is 0 Å². The van der Waals surface area contributed by atoms with Crippen molar-refractivity contribution >= 4 is 48.6 Å². The zero-order chi connectivity index (χ0) is 21.8. The van der Waals surface area contributed by atoms with Gasteiger partial charge in [-0.1, -0.05) is 6.07 Å². The van der Waals surface area contributed by atoms with Crippen LogP contribution in [0.25, 0.3) is 6.08 Å². The first-order chi connectivity index (χ1) is 13.4. The van der Waals surface area contributed by atoms with Crippen molar-refractivity contribution < 1.29 is 30.6 Å². The SMILES string of the molecule is COc1cc(/C=C(/C#N)C(=O)Nc2nc(S(C)(=O)=O)ns2)ccc1OS(C)(=O)=O. The number of ether oxygens (including phenoxy) is 1. The Kier molecular flexibility index (Phi) is 6.57. The molecule has 2 rings (SSSR count). The van der Waals surface area contributed by atoms with E-state index >= 15 is 0 Å². The largest absolute Gasteiger partial charge is 0.493 e. The normalized spacial score (nSPS) is 12.1. The van der Waals surface area contributed by atoms with Gasteiger partial charge in [0.2, 0.25) is 15.0 Å². The van der Waals surface area contributed by atoms with Crippen LogP contribution in [0.4, 0.5) is 5.13 Å². The molecular formula is C15H14N4O7S3. The van der Waals surface area contributed by atoms with Crippen molar-refractivity contribution in [3.63, 3.8) is 0 Å². The number of carbonyl (C=O) groups is 1. The van der Waals surface area contributed by atoms with E-state index in [0.717, 1.165) is 12.5 Å². The molecule has 29 heavy (non-hydrogen) atoms. The molecule has 0 fully saturated rings. The van der Waals surface area contributed by atoms with Crippen LogP contribution < -0.4 is 14.2 Å². The summed E-state index contributed by atoms with van der Waals surface area (Å²) >= 11 is 0.650. The zero-order valence-corrected chi connectivity index (χ0v) is 17.7. The second-order valence-corrected chi connectivity index (χ2v) is 9.71. The number of hydrogen-bond donors (Lipinski definition) is 1. The molecule has 154 valence electrons. The number of hydrogen-bond acceptors (Lipinski definition) is 11. The second kappa shape index (κ2) is 8.55. The molecule has 14 heteroatoms. The molecular weight excluding hydrogens is 444 g/mol. The van der Waals surface area contributed by atoms with Crippen LogP contribution in [0.5, 0.6) is 11.5 Å². The average molecular weight is 458 g/mol. The van der Waals surface area contributed by atoms with Gasteiger partial charge in [0.15, 0.2) is 11.5 Å². The summed E-state index contributed by atoms with van der Waals surface area (Å²) in [6.07, 6.45) is 3.02. The Morgan fingerprint density at radius 1 is 1.24 bits per heavy atom. The van der Waals surface area contributed by atoms with Crippen molar-refractivity contribution in [3.8, 4) is 17.6 Å². The number of carbonyl (C=O) groups excluding carboxylic acids is 1. The number of methoxy groups -OCH3 is 1. The molecule has 11 nitrogen and oxygen atoms in total. The number of nitrogens with zero attached hydrogens (tertiary/aromatic N) is 3. The Hall–Kier alpha value is -3.02. The first-order valence-corrected chi connectivity index (χ1v) is 12.0. The van der Waals surface area contributed by atoms with Gasteiger partial charge in [-0.3, -0.25) is 10.1 Å². The van der Waals surface area contributed by atoms with E-state index in [1.807, 2.05) is 0 Å². The number of nitriles is 1. The predicted molar refractivity (Wildman–Crippen MR) is 104 cm³/mol. The minimum absolute atomic E-state index is 0.0581. The van der Waals surface area contributed by atoms with Gasteiger partial charge < -0.3 is 8.92 Å². The second-order valence-electron chi connectivity index (χ2n) is 5.48. The minimum atomic E-state index is -3.77. The standard InChI is InChI=1S/C15H14N4O7S3/c1-25-12-7-9(4-5-11(12)26-29(3,23)24)6-10(8-16)13(20)17-14-18-15(19-27-14)28(2,21)22/h4-7H,1-3H3,(H,17,18,19,20)/b10-6-. The van der Waals surface area contributed by atoms with Gasteiger partial charge in [-0.2, -0.15) is 23.0 Å². The lowest BCUT2D eigenvalue weighted by Crippen LogP contribution is -2.13. The van der Waals surface area contributed by atoms with E-state index in [0.29, 0.717) is 17.1 Å². The van der Waals surface area contributed by atoms with Crippen LogP contribution in [0.2, 0.25) is 0 Å². The molecule has 1 amide bonds. The molecule has 1 aromatic carbocycles. The number of rotatable bonds is 7. The molecule has 0 bridgehead atoms. The van der Waals surface area contributed by atoms with Crippen LogP contribution in [0, 0.1) is 11.3 Å². The van der Waals surface area contributed by atoms with Crippen molar-refractivity contribution in [1.82, 2.24) is 9.36 Å². The molecule has 0 atom stereocenters. The lowest BCUT2D eigenvalue weighted by molar-refractivity contribution is -0.112. The van der Waals surface area contributed by atoms with E-state index in [4.69, 9.17) is 8.92 Å². The summed E-state index contributed by atoms with van der Waals surface area (Å²) < 4.78 is 58.8. The maximum Gasteiger partial charge on any atom is 0.306 e. The van der Waals surface area contributed by atoms with Crippen molar-refractivity contribution in [3.05, 3.63) is 29.3 Å². The fourth-order valence-electron chi connectivity index (χ4n) is 1.90. The van der Waals surface area contributed by atoms with E-state index < -0.39 is 31.0 Å². The van der Waals surface area contributed by atoms with Crippen LogP contribution in [-0.2, 0) is 24.7 Å². The number of amides is 1. The van der Waals surface area contributed by atoms with E-state index in [9.17, 15) is 26.9 Å². The maximum atomic E-state index is 12.3. The fourth-order valence-corrected chi connectivity index (χ4v) is 3.80. The predicted octanol–water partition coefficient (Wildman–Crippen LogP) is 0.834. The van der Waals surface area contributed by atoms with Gasteiger partial charge in [0.25, 0.3) is 11.1 Å². The summed E-state index contributed by atoms with van der Waals surface area (Å²) in [5.74, 6) is -0.819. The molecule has 1 heterocycles. The highest BCUT2D eigenvalue weighted by Crippen LogP contribution is 2.30. The van der Waals surface area contributed by atoms with Gasteiger partial charge in [-0.05, 0) is 23.8 Å². The van der Waals surface area contributed by atoms with Crippen LogP contribution >= 0.6 is 11.5 Å². The minimum Gasteiger partial charge on any atom is -0.493 e. The molecule has 0 saturated carbocycles. The smallest absolute Gasteiger partial charge is 0.306 e. The van der Waals surface area contributed by atoms with Gasteiger partial charge in [0, 0.05) is 17.8 Å². The van der Waals surface area contributed by atoms with Crippen molar-refractivity contribution in [2.24, 2.45) is 0 Å². The van der Waals surface area contributed by atoms with E-state index in [2.05, 4.69) is 14.7 Å². The monoisotopic (exact) mass is 458 g/mol. The van der Waals surface area contributed by atoms with E-state index in [1.54, 1.807) is 6.07 Å².